The standard InChI is InChI=1S/C17H21N3O5S/c1-17(2,3)19-26(24,25)14-7-8-15(16(10-14)20(22)23)18-13-6-4-5-12(9-13)11-21/h4-10,18-19,21H,11H2,1-3H3. The highest BCUT2D eigenvalue weighted by atomic mass is 32.2. The van der Waals surface area contributed by atoms with Gasteiger partial charge in [-0.1, -0.05) is 12.1 Å². The van der Waals surface area contributed by atoms with Crippen molar-refractivity contribution in [1.82, 2.24) is 4.72 Å². The molecule has 0 saturated heterocycles. The van der Waals surface area contributed by atoms with Gasteiger partial charge in [-0.2, -0.15) is 0 Å². The summed E-state index contributed by atoms with van der Waals surface area (Å²) in [6.45, 7) is 4.89. The maximum Gasteiger partial charge on any atom is 0.294 e. The molecule has 0 radical (unpaired) electrons. The van der Waals surface area contributed by atoms with E-state index in [1.807, 2.05) is 0 Å². The van der Waals surface area contributed by atoms with Crippen LogP contribution in [0.5, 0.6) is 0 Å². The van der Waals surface area contributed by atoms with E-state index < -0.39 is 20.5 Å². The van der Waals surface area contributed by atoms with Crippen molar-refractivity contribution in [2.24, 2.45) is 0 Å². The monoisotopic (exact) mass is 379 g/mol. The Bertz CT molecular complexity index is 920. The van der Waals surface area contributed by atoms with Gasteiger partial charge in [-0.25, -0.2) is 13.1 Å². The van der Waals surface area contributed by atoms with Crippen LogP contribution < -0.4 is 10.0 Å². The molecule has 2 aromatic rings. The third-order valence-corrected chi connectivity index (χ3v) is 5.06. The molecular formula is C17H21N3O5S. The maximum atomic E-state index is 12.4. The van der Waals surface area contributed by atoms with Gasteiger partial charge in [-0.15, -0.1) is 0 Å². The molecule has 2 rings (SSSR count). The fourth-order valence-corrected chi connectivity index (χ4v) is 3.74. The molecule has 0 aliphatic carbocycles. The van der Waals surface area contributed by atoms with Gasteiger partial charge in [0, 0.05) is 17.3 Å². The number of hydrogen-bond acceptors (Lipinski definition) is 6. The highest BCUT2D eigenvalue weighted by Gasteiger charge is 2.25. The molecule has 26 heavy (non-hydrogen) atoms. The third-order valence-electron chi connectivity index (χ3n) is 3.31. The zero-order valence-electron chi connectivity index (χ0n) is 14.7. The summed E-state index contributed by atoms with van der Waals surface area (Å²) >= 11 is 0. The second-order valence-electron chi connectivity index (χ2n) is 6.78. The van der Waals surface area contributed by atoms with E-state index in [2.05, 4.69) is 10.0 Å². The van der Waals surface area contributed by atoms with Crippen molar-refractivity contribution in [3.05, 3.63) is 58.1 Å². The molecule has 9 heteroatoms. The normalized spacial score (nSPS) is 12.0. The molecule has 0 aliphatic heterocycles. The lowest BCUT2D eigenvalue weighted by Crippen LogP contribution is -2.40. The summed E-state index contributed by atoms with van der Waals surface area (Å²) in [5.41, 5.74) is 0.264. The van der Waals surface area contributed by atoms with Gasteiger partial charge in [0.15, 0.2) is 0 Å². The van der Waals surface area contributed by atoms with Crippen molar-refractivity contribution in [3.8, 4) is 0 Å². The average Bonchev–Trinajstić information content (AvgIpc) is 2.52. The maximum absolute atomic E-state index is 12.4. The van der Waals surface area contributed by atoms with Gasteiger partial charge in [0.1, 0.15) is 5.69 Å². The summed E-state index contributed by atoms with van der Waals surface area (Å²) < 4.78 is 27.3. The summed E-state index contributed by atoms with van der Waals surface area (Å²) in [6.07, 6.45) is 0. The Morgan fingerprint density at radius 3 is 2.42 bits per heavy atom. The van der Waals surface area contributed by atoms with Crippen LogP contribution in [0.1, 0.15) is 26.3 Å². The first-order valence-corrected chi connectivity index (χ1v) is 9.29. The van der Waals surface area contributed by atoms with Crippen LogP contribution in [0, 0.1) is 10.1 Å². The van der Waals surface area contributed by atoms with E-state index >= 15 is 0 Å². The van der Waals surface area contributed by atoms with Gasteiger partial charge in [-0.3, -0.25) is 10.1 Å². The van der Waals surface area contributed by atoms with Gasteiger partial charge in [0.2, 0.25) is 10.0 Å². The quantitative estimate of drug-likeness (QED) is 0.524. The van der Waals surface area contributed by atoms with Crippen LogP contribution in [0.25, 0.3) is 0 Å². The number of nitrogens with zero attached hydrogens (tertiary/aromatic N) is 1. The smallest absolute Gasteiger partial charge is 0.294 e. The molecule has 140 valence electrons. The molecule has 0 aliphatic rings. The number of aliphatic hydroxyl groups excluding tert-OH is 1. The average molecular weight is 379 g/mol. The van der Waals surface area contributed by atoms with E-state index in [0.29, 0.717) is 11.3 Å². The molecular weight excluding hydrogens is 358 g/mol. The van der Waals surface area contributed by atoms with Crippen molar-refractivity contribution < 1.29 is 18.4 Å². The number of nitrogens with one attached hydrogen (secondary N) is 2. The lowest BCUT2D eigenvalue weighted by molar-refractivity contribution is -0.384. The highest BCUT2D eigenvalue weighted by Crippen LogP contribution is 2.30. The zero-order chi connectivity index (χ0) is 19.5. The van der Waals surface area contributed by atoms with Crippen LogP contribution in [-0.2, 0) is 16.6 Å². The van der Waals surface area contributed by atoms with Crippen LogP contribution >= 0.6 is 0 Å². The SMILES string of the molecule is CC(C)(C)NS(=O)(=O)c1ccc(Nc2cccc(CO)c2)c([N+](=O)[O-])c1. The molecule has 0 amide bonds. The van der Waals surface area contributed by atoms with Crippen LogP contribution in [0.3, 0.4) is 0 Å². The van der Waals surface area contributed by atoms with E-state index in [1.165, 1.54) is 12.1 Å². The lowest BCUT2D eigenvalue weighted by atomic mass is 10.1. The zero-order valence-corrected chi connectivity index (χ0v) is 15.5. The number of sulfonamides is 1. The highest BCUT2D eigenvalue weighted by molar-refractivity contribution is 7.89. The van der Waals surface area contributed by atoms with Crippen LogP contribution in [-0.4, -0.2) is 24.0 Å². The van der Waals surface area contributed by atoms with Gasteiger partial charge in [0.05, 0.1) is 16.4 Å². The molecule has 0 aromatic heterocycles. The number of aliphatic hydroxyl groups is 1. The van der Waals surface area contributed by atoms with E-state index in [1.54, 1.807) is 45.0 Å². The molecule has 0 spiro atoms. The van der Waals surface area contributed by atoms with Gasteiger partial charge < -0.3 is 10.4 Å². The van der Waals surface area contributed by atoms with Crippen molar-refractivity contribution in [2.75, 3.05) is 5.32 Å². The number of benzene rings is 2. The summed E-state index contributed by atoms with van der Waals surface area (Å²) in [4.78, 5) is 10.6. The molecule has 0 unspecified atom stereocenters. The van der Waals surface area contributed by atoms with E-state index in [9.17, 15) is 23.6 Å². The Morgan fingerprint density at radius 1 is 1.15 bits per heavy atom. The largest absolute Gasteiger partial charge is 0.392 e. The topological polar surface area (TPSA) is 122 Å². The van der Waals surface area contributed by atoms with Gasteiger partial charge in [-0.05, 0) is 50.6 Å². The number of nitro groups is 1. The fourth-order valence-electron chi connectivity index (χ4n) is 2.30. The molecule has 0 bridgehead atoms. The van der Waals surface area contributed by atoms with E-state index in [4.69, 9.17) is 0 Å². The Kier molecular flexibility index (Phi) is 5.65. The molecule has 3 N–H and O–H groups in total. The summed E-state index contributed by atoms with van der Waals surface area (Å²) in [5, 5.41) is 23.5. The Labute approximate surface area is 152 Å². The summed E-state index contributed by atoms with van der Waals surface area (Å²) in [6, 6.07) is 10.4. The fraction of sp³-hybridized carbons (Fsp3) is 0.294. The Hall–Kier alpha value is -2.49. The first-order chi connectivity index (χ1) is 12.0. The van der Waals surface area contributed by atoms with Crippen LogP contribution in [0.15, 0.2) is 47.4 Å². The second-order valence-corrected chi connectivity index (χ2v) is 8.46. The first-order valence-electron chi connectivity index (χ1n) is 7.81. The number of hydrogen-bond donors (Lipinski definition) is 3. The first kappa shape index (κ1) is 19.8. The molecule has 0 atom stereocenters. The molecule has 2 aromatic carbocycles. The lowest BCUT2D eigenvalue weighted by Gasteiger charge is -2.20. The summed E-state index contributed by atoms with van der Waals surface area (Å²) in [7, 11) is -3.89. The minimum atomic E-state index is -3.89. The number of nitro benzene ring substituents is 1. The number of anilines is 2. The second kappa shape index (κ2) is 7.40. The molecule has 8 nitrogen and oxygen atoms in total. The van der Waals surface area contributed by atoms with Crippen LogP contribution in [0.2, 0.25) is 0 Å². The van der Waals surface area contributed by atoms with Crippen molar-refractivity contribution in [1.29, 1.82) is 0 Å². The Morgan fingerprint density at radius 2 is 1.85 bits per heavy atom. The molecule has 0 saturated carbocycles. The third kappa shape index (κ3) is 5.01. The molecule has 0 fully saturated rings. The van der Waals surface area contributed by atoms with Crippen molar-refractivity contribution in [3.63, 3.8) is 0 Å². The predicted octanol–water partition coefficient (Wildman–Crippen LogP) is 2.91. The number of rotatable bonds is 6. The van der Waals surface area contributed by atoms with E-state index in [-0.39, 0.29) is 22.9 Å². The van der Waals surface area contributed by atoms with Gasteiger partial charge in [0.25, 0.3) is 5.69 Å². The van der Waals surface area contributed by atoms with Crippen molar-refractivity contribution in [2.45, 2.75) is 37.8 Å². The van der Waals surface area contributed by atoms with Gasteiger partial charge >= 0.3 is 0 Å². The van der Waals surface area contributed by atoms with Crippen molar-refractivity contribution >= 4 is 27.1 Å². The molecule has 0 heterocycles. The Balaban J connectivity index is 2.42. The minimum Gasteiger partial charge on any atom is -0.392 e. The van der Waals surface area contributed by atoms with E-state index in [0.717, 1.165) is 6.07 Å². The van der Waals surface area contributed by atoms with Crippen LogP contribution in [0.4, 0.5) is 17.1 Å². The predicted molar refractivity (Wildman–Crippen MR) is 98.8 cm³/mol. The summed E-state index contributed by atoms with van der Waals surface area (Å²) in [5.74, 6) is 0. The minimum absolute atomic E-state index is 0.153.